The van der Waals surface area contributed by atoms with Crippen LogP contribution in [0.1, 0.15) is 27.7 Å². The third-order valence-corrected chi connectivity index (χ3v) is 2.63. The van der Waals surface area contributed by atoms with Gasteiger partial charge in [0.25, 0.3) is 0 Å². The van der Waals surface area contributed by atoms with E-state index >= 15 is 0 Å². The van der Waals surface area contributed by atoms with Crippen LogP contribution >= 0.6 is 0 Å². The van der Waals surface area contributed by atoms with Crippen LogP contribution in [0.25, 0.3) is 0 Å². The molecule has 17 heavy (non-hydrogen) atoms. The smallest absolute Gasteiger partial charge is 0.144 e. The molecule has 0 fully saturated rings. The van der Waals surface area contributed by atoms with Gasteiger partial charge in [-0.3, -0.25) is 0 Å². The molecule has 1 aromatic carbocycles. The molecule has 0 unspecified atom stereocenters. The van der Waals surface area contributed by atoms with Gasteiger partial charge in [0.2, 0.25) is 0 Å². The zero-order valence-electron chi connectivity index (χ0n) is 11.4. The standard InChI is InChI=1S/C14H24N2O/c1-5-16(10-11(3)4)12-7-8-13(15)14(9-12)17-6-2/h7-9,11H,5-6,10,15H2,1-4H3. The first-order valence-electron chi connectivity index (χ1n) is 6.35. The third kappa shape index (κ3) is 3.84. The molecule has 0 atom stereocenters. The molecule has 0 saturated heterocycles. The lowest BCUT2D eigenvalue weighted by atomic mass is 10.1. The van der Waals surface area contributed by atoms with Gasteiger partial charge in [-0.25, -0.2) is 0 Å². The van der Waals surface area contributed by atoms with Gasteiger partial charge in [-0.05, 0) is 31.9 Å². The van der Waals surface area contributed by atoms with Gasteiger partial charge in [0.1, 0.15) is 5.75 Å². The Kier molecular flexibility index (Phi) is 5.13. The molecular formula is C14H24N2O. The van der Waals surface area contributed by atoms with Gasteiger partial charge in [0.05, 0.1) is 12.3 Å². The molecule has 0 amide bonds. The summed E-state index contributed by atoms with van der Waals surface area (Å²) in [6.45, 7) is 11.3. The maximum absolute atomic E-state index is 5.87. The van der Waals surface area contributed by atoms with E-state index in [9.17, 15) is 0 Å². The number of nitrogens with two attached hydrogens (primary N) is 1. The molecule has 0 bridgehead atoms. The predicted octanol–water partition coefficient (Wildman–Crippen LogP) is 3.15. The van der Waals surface area contributed by atoms with Crippen molar-refractivity contribution in [1.29, 1.82) is 0 Å². The summed E-state index contributed by atoms with van der Waals surface area (Å²) >= 11 is 0. The predicted molar refractivity (Wildman–Crippen MR) is 74.7 cm³/mol. The molecule has 96 valence electrons. The van der Waals surface area contributed by atoms with E-state index in [0.29, 0.717) is 18.2 Å². The lowest BCUT2D eigenvalue weighted by Gasteiger charge is -2.25. The average Bonchev–Trinajstić information content (AvgIpc) is 2.29. The number of nitrogens with zero attached hydrogens (tertiary/aromatic N) is 1. The molecule has 0 spiro atoms. The van der Waals surface area contributed by atoms with Crippen molar-refractivity contribution in [2.24, 2.45) is 5.92 Å². The van der Waals surface area contributed by atoms with Crippen LogP contribution in [-0.2, 0) is 0 Å². The lowest BCUT2D eigenvalue weighted by Crippen LogP contribution is -2.27. The van der Waals surface area contributed by atoms with Crippen molar-refractivity contribution in [3.8, 4) is 5.75 Å². The third-order valence-electron chi connectivity index (χ3n) is 2.63. The first kappa shape index (κ1) is 13.7. The molecule has 3 nitrogen and oxygen atoms in total. The second-order valence-corrected chi connectivity index (χ2v) is 4.59. The topological polar surface area (TPSA) is 38.5 Å². The molecule has 0 aliphatic carbocycles. The highest BCUT2D eigenvalue weighted by molar-refractivity contribution is 5.62. The fraction of sp³-hybridized carbons (Fsp3) is 0.571. The normalized spacial score (nSPS) is 10.6. The molecule has 0 aromatic heterocycles. The van der Waals surface area contributed by atoms with E-state index in [1.165, 1.54) is 5.69 Å². The van der Waals surface area contributed by atoms with E-state index in [1.807, 2.05) is 19.1 Å². The van der Waals surface area contributed by atoms with Gasteiger partial charge in [-0.15, -0.1) is 0 Å². The Morgan fingerprint density at radius 1 is 1.29 bits per heavy atom. The van der Waals surface area contributed by atoms with Crippen molar-refractivity contribution >= 4 is 11.4 Å². The summed E-state index contributed by atoms with van der Waals surface area (Å²) < 4.78 is 5.53. The van der Waals surface area contributed by atoms with E-state index in [-0.39, 0.29) is 0 Å². The summed E-state index contributed by atoms with van der Waals surface area (Å²) in [6.07, 6.45) is 0. The maximum Gasteiger partial charge on any atom is 0.144 e. The largest absolute Gasteiger partial charge is 0.492 e. The van der Waals surface area contributed by atoms with Crippen LogP contribution in [0.4, 0.5) is 11.4 Å². The van der Waals surface area contributed by atoms with E-state index in [1.54, 1.807) is 0 Å². The summed E-state index contributed by atoms with van der Waals surface area (Å²) in [7, 11) is 0. The van der Waals surface area contributed by atoms with Crippen LogP contribution < -0.4 is 15.4 Å². The highest BCUT2D eigenvalue weighted by Crippen LogP contribution is 2.28. The minimum Gasteiger partial charge on any atom is -0.492 e. The number of anilines is 2. The average molecular weight is 236 g/mol. The van der Waals surface area contributed by atoms with Crippen molar-refractivity contribution in [3.63, 3.8) is 0 Å². The zero-order valence-corrected chi connectivity index (χ0v) is 11.4. The number of hydrogen-bond acceptors (Lipinski definition) is 3. The Morgan fingerprint density at radius 2 is 2.00 bits per heavy atom. The molecule has 0 aliphatic rings. The molecule has 0 aliphatic heterocycles. The van der Waals surface area contributed by atoms with Gasteiger partial charge >= 0.3 is 0 Å². The Balaban J connectivity index is 2.91. The molecule has 1 rings (SSSR count). The molecule has 3 heteroatoms. The first-order chi connectivity index (χ1) is 8.08. The van der Waals surface area contributed by atoms with Crippen molar-refractivity contribution in [1.82, 2.24) is 0 Å². The Morgan fingerprint density at radius 3 is 2.53 bits per heavy atom. The van der Waals surface area contributed by atoms with Crippen LogP contribution in [0.5, 0.6) is 5.75 Å². The summed E-state index contributed by atoms with van der Waals surface area (Å²) in [5.41, 5.74) is 7.76. The van der Waals surface area contributed by atoms with E-state index in [2.05, 4.69) is 31.7 Å². The Labute approximate surface area is 105 Å². The first-order valence-corrected chi connectivity index (χ1v) is 6.35. The Hall–Kier alpha value is -1.38. The maximum atomic E-state index is 5.87. The van der Waals surface area contributed by atoms with E-state index in [0.717, 1.165) is 18.8 Å². The van der Waals surface area contributed by atoms with E-state index < -0.39 is 0 Å². The molecule has 0 heterocycles. The minimum absolute atomic E-state index is 0.642. The second-order valence-electron chi connectivity index (χ2n) is 4.59. The summed E-state index contributed by atoms with van der Waals surface area (Å²) in [5.74, 6) is 1.43. The van der Waals surface area contributed by atoms with Crippen molar-refractivity contribution in [3.05, 3.63) is 18.2 Å². The molecular weight excluding hydrogens is 212 g/mol. The summed E-state index contributed by atoms with van der Waals surface area (Å²) in [5, 5.41) is 0. The molecule has 2 N–H and O–H groups in total. The number of rotatable bonds is 6. The number of nitrogen functional groups attached to an aromatic ring is 1. The molecule has 0 radical (unpaired) electrons. The van der Waals surface area contributed by atoms with Gasteiger partial charge in [0.15, 0.2) is 0 Å². The number of ether oxygens (including phenoxy) is 1. The summed E-state index contributed by atoms with van der Waals surface area (Å²) in [6, 6.07) is 6.01. The van der Waals surface area contributed by atoms with Crippen LogP contribution in [0.2, 0.25) is 0 Å². The summed E-state index contributed by atoms with van der Waals surface area (Å²) in [4.78, 5) is 2.34. The zero-order chi connectivity index (χ0) is 12.8. The number of benzene rings is 1. The molecule has 1 aromatic rings. The van der Waals surface area contributed by atoms with E-state index in [4.69, 9.17) is 10.5 Å². The number of hydrogen-bond donors (Lipinski definition) is 1. The molecule has 0 saturated carbocycles. The van der Waals surface area contributed by atoms with Crippen molar-refractivity contribution in [2.45, 2.75) is 27.7 Å². The van der Waals surface area contributed by atoms with Crippen molar-refractivity contribution in [2.75, 3.05) is 30.3 Å². The van der Waals surface area contributed by atoms with Crippen molar-refractivity contribution < 1.29 is 4.74 Å². The minimum atomic E-state index is 0.642. The SMILES string of the molecule is CCOc1cc(N(CC)CC(C)C)ccc1N. The second kappa shape index (κ2) is 6.38. The fourth-order valence-electron chi connectivity index (χ4n) is 1.86. The van der Waals surface area contributed by atoms with Gasteiger partial charge in [-0.2, -0.15) is 0 Å². The van der Waals surface area contributed by atoms with Crippen LogP contribution in [0, 0.1) is 5.92 Å². The van der Waals surface area contributed by atoms with Crippen LogP contribution in [0.3, 0.4) is 0 Å². The van der Waals surface area contributed by atoms with Crippen LogP contribution in [-0.4, -0.2) is 19.7 Å². The van der Waals surface area contributed by atoms with Gasteiger partial charge in [-0.1, -0.05) is 13.8 Å². The monoisotopic (exact) mass is 236 g/mol. The Bertz CT molecular complexity index is 350. The van der Waals surface area contributed by atoms with Gasteiger partial charge in [0, 0.05) is 24.8 Å². The highest BCUT2D eigenvalue weighted by atomic mass is 16.5. The quantitative estimate of drug-likeness (QED) is 0.771. The van der Waals surface area contributed by atoms with Gasteiger partial charge < -0.3 is 15.4 Å². The lowest BCUT2D eigenvalue weighted by molar-refractivity contribution is 0.342. The van der Waals surface area contributed by atoms with Crippen LogP contribution in [0.15, 0.2) is 18.2 Å². The highest BCUT2D eigenvalue weighted by Gasteiger charge is 2.09. The fourth-order valence-corrected chi connectivity index (χ4v) is 1.86.